The van der Waals surface area contributed by atoms with E-state index in [9.17, 15) is 29.1 Å². The fourth-order valence-corrected chi connectivity index (χ4v) is 7.75. The van der Waals surface area contributed by atoms with Gasteiger partial charge in [0.1, 0.15) is 11.4 Å². The van der Waals surface area contributed by atoms with Crippen molar-refractivity contribution in [2.45, 2.75) is 37.9 Å². The predicted octanol–water partition coefficient (Wildman–Crippen LogP) is 3.18. The zero-order valence-electron chi connectivity index (χ0n) is 25.8. The molecule has 1 aliphatic heterocycles. The van der Waals surface area contributed by atoms with Crippen molar-refractivity contribution in [2.75, 3.05) is 14.2 Å². The molecule has 1 N–H and O–H groups in total. The Hall–Kier alpha value is -4.76. The number of allylic oxidation sites excluding steroid dienone is 6. The SMILES string of the molecule is COc1cc2nc(CCn3c(=O)n4n(c3=O)[C@@H]3CC5=C(C(=O)C=C(Br)C5=O)[C@@H](c5cc(Br)ccc5O)C3=CC4)c(=O)n(C)c2cc1OC. The summed E-state index contributed by atoms with van der Waals surface area (Å²) in [5.74, 6) is -0.841. The number of fused-ring (bicyclic) bond motifs is 4. The van der Waals surface area contributed by atoms with E-state index in [4.69, 9.17) is 9.47 Å². The van der Waals surface area contributed by atoms with Gasteiger partial charge in [-0.25, -0.2) is 28.5 Å². The van der Waals surface area contributed by atoms with Crippen LogP contribution in [0.5, 0.6) is 17.2 Å². The highest BCUT2D eigenvalue weighted by molar-refractivity contribution is 9.12. The number of aromatic hydroxyl groups is 1. The van der Waals surface area contributed by atoms with Crippen LogP contribution in [0.2, 0.25) is 0 Å². The van der Waals surface area contributed by atoms with E-state index in [-0.39, 0.29) is 58.8 Å². The minimum atomic E-state index is -0.843. The lowest BCUT2D eigenvalue weighted by molar-refractivity contribution is -0.115. The van der Waals surface area contributed by atoms with Gasteiger partial charge in [0.05, 0.1) is 42.3 Å². The maximum atomic E-state index is 14.1. The van der Waals surface area contributed by atoms with E-state index in [1.807, 2.05) is 0 Å². The lowest BCUT2D eigenvalue weighted by Gasteiger charge is -2.39. The van der Waals surface area contributed by atoms with Gasteiger partial charge in [-0.05, 0) is 39.7 Å². The molecule has 2 aromatic heterocycles. The van der Waals surface area contributed by atoms with Gasteiger partial charge in [0.15, 0.2) is 23.1 Å². The number of hydrogen-bond donors (Lipinski definition) is 1. The molecule has 0 saturated carbocycles. The number of aryl methyl sites for hydroxylation is 2. The van der Waals surface area contributed by atoms with Gasteiger partial charge >= 0.3 is 11.4 Å². The van der Waals surface area contributed by atoms with Crippen molar-refractivity contribution < 1.29 is 24.2 Å². The zero-order chi connectivity index (χ0) is 34.2. The Kier molecular flexibility index (Phi) is 7.78. The highest BCUT2D eigenvalue weighted by Gasteiger charge is 2.45. The standard InChI is InChI=1S/C33H27Br2N5O8/c1-37-23-14-27(48-3)26(47-2)13-21(23)36-20(31(37)44)7-8-38-32(45)39-9-6-16-22(40(39)33(38)46)11-18-29(25(42)12-19(35)30(18)43)28(16)17-10-15(34)4-5-24(17)41/h4-6,10,12-14,22,28,41H,7-9,11H2,1-3H3/t22-,28-/m1/s1. The van der Waals surface area contributed by atoms with Crippen molar-refractivity contribution in [1.82, 2.24) is 23.5 Å². The second-order valence-electron chi connectivity index (χ2n) is 11.7. The molecule has 48 heavy (non-hydrogen) atoms. The molecule has 15 heteroatoms. The van der Waals surface area contributed by atoms with Gasteiger partial charge in [0.25, 0.3) is 5.56 Å². The van der Waals surface area contributed by atoms with E-state index in [1.165, 1.54) is 40.3 Å². The Labute approximate surface area is 288 Å². The largest absolute Gasteiger partial charge is 0.508 e. The summed E-state index contributed by atoms with van der Waals surface area (Å²) in [6.07, 6.45) is 2.97. The van der Waals surface area contributed by atoms with Gasteiger partial charge in [-0.2, -0.15) is 0 Å². The van der Waals surface area contributed by atoms with Gasteiger partial charge in [-0.15, -0.1) is 0 Å². The molecular formula is C33H27Br2N5O8. The van der Waals surface area contributed by atoms with Crippen LogP contribution in [0.1, 0.15) is 29.6 Å². The number of methoxy groups -OCH3 is 2. The van der Waals surface area contributed by atoms with E-state index >= 15 is 0 Å². The summed E-state index contributed by atoms with van der Waals surface area (Å²) < 4.78 is 16.6. The zero-order valence-corrected chi connectivity index (χ0v) is 29.0. The minimum absolute atomic E-state index is 0.0125. The Morgan fingerprint density at radius 2 is 1.73 bits per heavy atom. The quantitative estimate of drug-likeness (QED) is 0.229. The maximum absolute atomic E-state index is 14.1. The average Bonchev–Trinajstić information content (AvgIpc) is 3.32. The Bertz CT molecular complexity index is 2390. The third-order valence-electron chi connectivity index (χ3n) is 9.20. The molecule has 2 aliphatic carbocycles. The molecule has 3 heterocycles. The molecular weight excluding hydrogens is 754 g/mol. The van der Waals surface area contributed by atoms with Crippen molar-refractivity contribution in [3.63, 3.8) is 0 Å². The Morgan fingerprint density at radius 3 is 2.46 bits per heavy atom. The Morgan fingerprint density at radius 1 is 1.00 bits per heavy atom. The number of carbonyl (C=O) groups is 2. The summed E-state index contributed by atoms with van der Waals surface area (Å²) in [5.41, 5.74) is 0.963. The Balaban J connectivity index is 1.30. The van der Waals surface area contributed by atoms with Crippen LogP contribution in [0, 0.1) is 0 Å². The van der Waals surface area contributed by atoms with Crippen LogP contribution < -0.4 is 26.4 Å². The van der Waals surface area contributed by atoms with Gasteiger partial charge in [-0.3, -0.25) is 14.4 Å². The van der Waals surface area contributed by atoms with Crippen molar-refractivity contribution >= 4 is 54.5 Å². The summed E-state index contributed by atoms with van der Waals surface area (Å²) in [5, 5.41) is 10.9. The second-order valence-corrected chi connectivity index (χ2v) is 13.4. The molecule has 0 amide bonds. The molecule has 0 spiro atoms. The molecule has 0 fully saturated rings. The second kappa shape index (κ2) is 11.7. The monoisotopic (exact) mass is 779 g/mol. The third-order valence-corrected chi connectivity index (χ3v) is 10.3. The van der Waals surface area contributed by atoms with E-state index in [2.05, 4.69) is 36.8 Å². The predicted molar refractivity (Wildman–Crippen MR) is 181 cm³/mol. The van der Waals surface area contributed by atoms with Gasteiger partial charge in [0, 0.05) is 71.7 Å². The summed E-state index contributed by atoms with van der Waals surface area (Å²) in [4.78, 5) is 72.5. The molecule has 246 valence electrons. The topological polar surface area (TPSA) is 157 Å². The smallest absolute Gasteiger partial charge is 0.347 e. The number of ketones is 2. The van der Waals surface area contributed by atoms with Crippen LogP contribution in [0.15, 0.2) is 82.5 Å². The number of phenols is 1. The number of ether oxygens (including phenoxy) is 2. The fourth-order valence-electron chi connectivity index (χ4n) is 6.92. The number of Topliss-reactive ketones (excluding diaryl/α,β-unsaturated/α-hetero) is 1. The molecule has 13 nitrogen and oxygen atoms in total. The molecule has 0 saturated heterocycles. The molecule has 0 unspecified atom stereocenters. The molecule has 2 aromatic carbocycles. The highest BCUT2D eigenvalue weighted by Crippen LogP contribution is 2.51. The minimum Gasteiger partial charge on any atom is -0.508 e. The average molecular weight is 781 g/mol. The molecule has 3 aliphatic rings. The molecule has 2 atom stereocenters. The van der Waals surface area contributed by atoms with E-state index in [0.717, 1.165) is 4.57 Å². The lowest BCUT2D eigenvalue weighted by Crippen LogP contribution is -2.40. The van der Waals surface area contributed by atoms with Gasteiger partial charge < -0.3 is 19.1 Å². The van der Waals surface area contributed by atoms with Crippen LogP contribution in [0.4, 0.5) is 0 Å². The summed E-state index contributed by atoms with van der Waals surface area (Å²) in [7, 11) is 4.59. The third kappa shape index (κ3) is 4.78. The number of aromatic nitrogens is 5. The van der Waals surface area contributed by atoms with Crippen LogP contribution in [0.3, 0.4) is 0 Å². The lowest BCUT2D eigenvalue weighted by atomic mass is 9.68. The first-order valence-electron chi connectivity index (χ1n) is 14.9. The number of carbonyl (C=O) groups excluding carboxylic acids is 2. The van der Waals surface area contributed by atoms with Gasteiger partial charge in [-0.1, -0.05) is 22.0 Å². The van der Waals surface area contributed by atoms with Crippen LogP contribution in [-0.2, 0) is 36.1 Å². The van der Waals surface area contributed by atoms with Crippen molar-refractivity contribution in [3.05, 3.63) is 111 Å². The molecule has 7 rings (SSSR count). The first-order chi connectivity index (χ1) is 22.9. The summed E-state index contributed by atoms with van der Waals surface area (Å²) in [6, 6.07) is 7.33. The van der Waals surface area contributed by atoms with Crippen LogP contribution in [-0.4, -0.2) is 54.4 Å². The summed E-state index contributed by atoms with van der Waals surface area (Å²) in [6.45, 7) is -0.122. The van der Waals surface area contributed by atoms with Crippen molar-refractivity contribution in [1.29, 1.82) is 0 Å². The fraction of sp³-hybridized carbons (Fsp3) is 0.273. The van der Waals surface area contributed by atoms with Crippen LogP contribution >= 0.6 is 31.9 Å². The number of rotatable bonds is 6. The first kappa shape index (κ1) is 31.8. The van der Waals surface area contributed by atoms with Crippen molar-refractivity contribution in [3.8, 4) is 17.2 Å². The number of nitrogens with zero attached hydrogens (tertiary/aromatic N) is 5. The highest BCUT2D eigenvalue weighted by atomic mass is 79.9. The maximum Gasteiger partial charge on any atom is 0.347 e. The van der Waals surface area contributed by atoms with Crippen LogP contribution in [0.25, 0.3) is 11.0 Å². The number of halogens is 2. The number of hydrogen-bond acceptors (Lipinski definition) is 9. The van der Waals surface area contributed by atoms with Crippen molar-refractivity contribution in [2.24, 2.45) is 7.05 Å². The van der Waals surface area contributed by atoms with E-state index in [0.29, 0.717) is 38.1 Å². The first-order valence-corrected chi connectivity index (χ1v) is 16.4. The summed E-state index contributed by atoms with van der Waals surface area (Å²) >= 11 is 6.64. The van der Waals surface area contributed by atoms with E-state index in [1.54, 1.807) is 37.4 Å². The molecule has 0 bridgehead atoms. The molecule has 4 aromatic rings. The normalized spacial score (nSPS) is 18.7. The molecule has 0 radical (unpaired) electrons. The van der Waals surface area contributed by atoms with Gasteiger partial charge in [0.2, 0.25) is 0 Å². The number of phenolic OH excluding ortho intramolecular Hbond substituents is 1. The number of benzene rings is 2. The van der Waals surface area contributed by atoms with E-state index < -0.39 is 34.7 Å².